The molecule has 1 aliphatic rings. The highest BCUT2D eigenvalue weighted by Crippen LogP contribution is 2.42. The molecule has 1 atom stereocenters. The van der Waals surface area contributed by atoms with Crippen molar-refractivity contribution in [2.75, 3.05) is 12.8 Å². The van der Waals surface area contributed by atoms with Crippen LogP contribution in [-0.4, -0.2) is 17.5 Å². The van der Waals surface area contributed by atoms with E-state index in [1.165, 1.54) is 19.3 Å². The van der Waals surface area contributed by atoms with Gasteiger partial charge in [0.25, 0.3) is 0 Å². The molecule has 4 heteroatoms. The molecule has 0 bridgehead atoms. The average Bonchev–Trinajstić information content (AvgIpc) is 2.31. The summed E-state index contributed by atoms with van der Waals surface area (Å²) in [6.07, 6.45) is 5.80. The predicted molar refractivity (Wildman–Crippen MR) is 72.9 cm³/mol. The summed E-state index contributed by atoms with van der Waals surface area (Å²) in [5.41, 5.74) is 0.408. The molecule has 1 aromatic rings. The molecule has 1 unspecified atom stereocenters. The first-order valence-electron chi connectivity index (χ1n) is 6.30. The minimum absolute atomic E-state index is 0.162. The third-order valence-electron chi connectivity index (χ3n) is 3.88. The molecule has 0 saturated heterocycles. The Bertz CT molecular complexity index is 413. The maximum Gasteiger partial charge on any atom is 0.163 e. The smallest absolute Gasteiger partial charge is 0.163 e. The summed E-state index contributed by atoms with van der Waals surface area (Å²) in [6.45, 7) is 2.73. The van der Waals surface area contributed by atoms with E-state index >= 15 is 0 Å². The summed E-state index contributed by atoms with van der Waals surface area (Å²) >= 11 is 1.87. The molecular formula is C14H19F2NS. The van der Waals surface area contributed by atoms with Gasteiger partial charge in [-0.3, -0.25) is 0 Å². The maximum absolute atomic E-state index is 13.6. The van der Waals surface area contributed by atoms with Crippen LogP contribution in [0.4, 0.5) is 8.78 Å². The Balaban J connectivity index is 1.99. The van der Waals surface area contributed by atoms with Crippen LogP contribution in [0, 0.1) is 11.6 Å². The summed E-state index contributed by atoms with van der Waals surface area (Å²) in [5, 5.41) is 3.33. The highest BCUT2D eigenvalue weighted by Gasteiger charge is 2.36. The van der Waals surface area contributed by atoms with E-state index in [0.717, 1.165) is 12.6 Å². The van der Waals surface area contributed by atoms with Crippen LogP contribution in [-0.2, 0) is 0 Å². The normalized spacial score (nSPS) is 19.3. The highest BCUT2D eigenvalue weighted by molar-refractivity contribution is 8.00. The third-order valence-corrected chi connectivity index (χ3v) is 5.29. The largest absolute Gasteiger partial charge is 0.309 e. The number of hydrogen-bond donors (Lipinski definition) is 1. The Hall–Kier alpha value is -0.610. The van der Waals surface area contributed by atoms with Gasteiger partial charge >= 0.3 is 0 Å². The van der Waals surface area contributed by atoms with Gasteiger partial charge in [0.2, 0.25) is 0 Å². The van der Waals surface area contributed by atoms with E-state index in [-0.39, 0.29) is 6.04 Å². The summed E-state index contributed by atoms with van der Waals surface area (Å²) in [6, 6.07) is 4.19. The van der Waals surface area contributed by atoms with Crippen molar-refractivity contribution in [1.82, 2.24) is 5.32 Å². The molecule has 2 rings (SSSR count). The van der Waals surface area contributed by atoms with Gasteiger partial charge in [0.05, 0.1) is 0 Å². The summed E-state index contributed by atoms with van der Waals surface area (Å²) in [7, 11) is 0. The monoisotopic (exact) mass is 271 g/mol. The second-order valence-corrected chi connectivity index (χ2v) is 6.26. The molecule has 1 nitrogen and oxygen atoms in total. The van der Waals surface area contributed by atoms with Crippen LogP contribution in [0.25, 0.3) is 0 Å². The lowest BCUT2D eigenvalue weighted by atomic mass is 9.84. The van der Waals surface area contributed by atoms with Gasteiger partial charge in [-0.05, 0) is 32.1 Å². The van der Waals surface area contributed by atoms with E-state index < -0.39 is 11.6 Å². The van der Waals surface area contributed by atoms with E-state index in [0.29, 0.717) is 10.3 Å². The minimum Gasteiger partial charge on any atom is -0.309 e. The number of thioether (sulfide) groups is 1. The number of halogens is 2. The van der Waals surface area contributed by atoms with Gasteiger partial charge in [-0.2, -0.15) is 11.8 Å². The Kier molecular flexibility index (Phi) is 4.28. The maximum atomic E-state index is 13.6. The molecule has 0 aliphatic heterocycles. The quantitative estimate of drug-likeness (QED) is 0.871. The van der Waals surface area contributed by atoms with Crippen molar-refractivity contribution in [2.24, 2.45) is 0 Å². The fraction of sp³-hybridized carbons (Fsp3) is 0.571. The fourth-order valence-electron chi connectivity index (χ4n) is 2.33. The van der Waals surface area contributed by atoms with Crippen molar-refractivity contribution in [1.29, 1.82) is 0 Å². The highest BCUT2D eigenvalue weighted by atomic mass is 32.2. The van der Waals surface area contributed by atoms with E-state index in [1.54, 1.807) is 12.1 Å². The van der Waals surface area contributed by atoms with Crippen molar-refractivity contribution in [3.8, 4) is 0 Å². The van der Waals surface area contributed by atoms with Crippen LogP contribution in [0.3, 0.4) is 0 Å². The minimum atomic E-state index is -0.774. The van der Waals surface area contributed by atoms with Gasteiger partial charge in [-0.15, -0.1) is 0 Å². The molecule has 1 N–H and O–H groups in total. The lowest BCUT2D eigenvalue weighted by Gasteiger charge is -2.41. The van der Waals surface area contributed by atoms with E-state index in [9.17, 15) is 8.78 Å². The second kappa shape index (κ2) is 5.57. The van der Waals surface area contributed by atoms with Crippen molar-refractivity contribution in [3.05, 3.63) is 35.4 Å². The molecule has 1 aliphatic carbocycles. The van der Waals surface area contributed by atoms with Crippen molar-refractivity contribution >= 4 is 11.8 Å². The first-order valence-corrected chi connectivity index (χ1v) is 7.53. The lowest BCUT2D eigenvalue weighted by molar-refractivity contribution is 0.332. The molecule has 1 saturated carbocycles. The van der Waals surface area contributed by atoms with Crippen LogP contribution in [0.2, 0.25) is 0 Å². The van der Waals surface area contributed by atoms with E-state index in [1.807, 2.05) is 18.7 Å². The Morgan fingerprint density at radius 2 is 2.11 bits per heavy atom. The van der Waals surface area contributed by atoms with Crippen molar-refractivity contribution in [3.63, 3.8) is 0 Å². The van der Waals surface area contributed by atoms with Crippen molar-refractivity contribution in [2.45, 2.75) is 37.0 Å². The Morgan fingerprint density at radius 3 is 2.67 bits per heavy atom. The standard InChI is InChI=1S/C14H19F2NS/c1-10(11-5-3-6-12(15)13(11)16)17-9-14(18-2)7-4-8-14/h3,5-6,10,17H,4,7-9H2,1-2H3. The Morgan fingerprint density at radius 1 is 1.39 bits per heavy atom. The molecule has 0 radical (unpaired) electrons. The molecular weight excluding hydrogens is 252 g/mol. The molecule has 1 fully saturated rings. The fourth-order valence-corrected chi connectivity index (χ4v) is 3.25. The first kappa shape index (κ1) is 13.8. The second-order valence-electron chi connectivity index (χ2n) is 4.99. The van der Waals surface area contributed by atoms with Crippen LogP contribution in [0.1, 0.15) is 37.8 Å². The summed E-state index contributed by atoms with van der Waals surface area (Å²) in [4.78, 5) is 0. The van der Waals surface area contributed by atoms with Gasteiger partial charge < -0.3 is 5.32 Å². The number of nitrogens with one attached hydrogen (secondary N) is 1. The lowest BCUT2D eigenvalue weighted by Crippen LogP contribution is -2.44. The van der Waals surface area contributed by atoms with Crippen LogP contribution >= 0.6 is 11.8 Å². The van der Waals surface area contributed by atoms with Gasteiger partial charge in [0.15, 0.2) is 11.6 Å². The van der Waals surface area contributed by atoms with Crippen LogP contribution in [0.15, 0.2) is 18.2 Å². The zero-order valence-corrected chi connectivity index (χ0v) is 11.6. The zero-order valence-electron chi connectivity index (χ0n) is 10.8. The molecule has 0 aromatic heterocycles. The number of benzene rings is 1. The summed E-state index contributed by atoms with van der Waals surface area (Å²) < 4.78 is 27.1. The molecule has 0 amide bonds. The summed E-state index contributed by atoms with van der Waals surface area (Å²) in [5.74, 6) is -1.51. The SMILES string of the molecule is CSC1(CNC(C)c2cccc(F)c2F)CCC1. The van der Waals surface area contributed by atoms with Crippen LogP contribution in [0.5, 0.6) is 0 Å². The average molecular weight is 271 g/mol. The predicted octanol–water partition coefficient (Wildman–Crippen LogP) is 3.90. The number of rotatable bonds is 5. The molecule has 100 valence electrons. The molecule has 0 spiro atoms. The molecule has 1 aromatic carbocycles. The Labute approximate surface area is 111 Å². The zero-order chi connectivity index (χ0) is 13.2. The number of hydrogen-bond acceptors (Lipinski definition) is 2. The van der Waals surface area contributed by atoms with E-state index in [4.69, 9.17) is 0 Å². The van der Waals surface area contributed by atoms with Gasteiger partial charge in [0.1, 0.15) is 0 Å². The molecule has 18 heavy (non-hydrogen) atoms. The third kappa shape index (κ3) is 2.69. The molecule has 0 heterocycles. The van der Waals surface area contributed by atoms with Crippen molar-refractivity contribution < 1.29 is 8.78 Å². The first-order chi connectivity index (χ1) is 8.58. The van der Waals surface area contributed by atoms with E-state index in [2.05, 4.69) is 11.6 Å². The van der Waals surface area contributed by atoms with Gasteiger partial charge in [-0.25, -0.2) is 8.78 Å². The van der Waals surface area contributed by atoms with Gasteiger partial charge in [-0.1, -0.05) is 18.6 Å². The topological polar surface area (TPSA) is 12.0 Å². The van der Waals surface area contributed by atoms with Gasteiger partial charge in [0, 0.05) is 22.9 Å². The van der Waals surface area contributed by atoms with Crippen LogP contribution < -0.4 is 5.32 Å².